The second kappa shape index (κ2) is 8.64. The van der Waals surface area contributed by atoms with E-state index in [0.717, 1.165) is 6.07 Å². The highest BCUT2D eigenvalue weighted by molar-refractivity contribution is 5.94. The summed E-state index contributed by atoms with van der Waals surface area (Å²) in [6.07, 6.45) is 1.74. The second-order valence-corrected chi connectivity index (χ2v) is 6.27. The summed E-state index contributed by atoms with van der Waals surface area (Å²) in [5.41, 5.74) is 0.232. The molecule has 0 radical (unpaired) electrons. The summed E-state index contributed by atoms with van der Waals surface area (Å²) in [6.45, 7) is 1.84. The van der Waals surface area contributed by atoms with Crippen LogP contribution in [0.3, 0.4) is 0 Å². The van der Waals surface area contributed by atoms with E-state index in [1.807, 2.05) is 0 Å². The van der Waals surface area contributed by atoms with Crippen LogP contribution in [0.1, 0.15) is 36.5 Å². The normalized spacial score (nSPS) is 17.3. The van der Waals surface area contributed by atoms with Crippen molar-refractivity contribution in [1.82, 2.24) is 9.80 Å². The lowest BCUT2D eigenvalue weighted by molar-refractivity contribution is -0.145. The standard InChI is InChI=1S/C18H23FN2O5/c1-12(22)21(11-17(23)24)14-4-3-8-20(9-7-14)18(25)13-5-6-16(26-2)15(19)10-13/h5-6,10,14H,3-4,7-9,11H2,1-2H3,(H,23,24). The highest BCUT2D eigenvalue weighted by atomic mass is 19.1. The zero-order chi connectivity index (χ0) is 19.3. The molecule has 0 bridgehead atoms. The van der Waals surface area contributed by atoms with Crippen LogP contribution >= 0.6 is 0 Å². The topological polar surface area (TPSA) is 87.2 Å². The molecule has 1 saturated heterocycles. The van der Waals surface area contributed by atoms with Gasteiger partial charge in [-0.25, -0.2) is 4.39 Å². The predicted octanol–water partition coefficient (Wildman–Crippen LogP) is 1.76. The van der Waals surface area contributed by atoms with Crippen molar-refractivity contribution in [2.24, 2.45) is 0 Å². The van der Waals surface area contributed by atoms with Gasteiger partial charge in [-0.3, -0.25) is 14.4 Å². The fourth-order valence-electron chi connectivity index (χ4n) is 3.22. The van der Waals surface area contributed by atoms with Crippen molar-refractivity contribution < 1.29 is 28.6 Å². The Labute approximate surface area is 151 Å². The summed E-state index contributed by atoms with van der Waals surface area (Å²) in [5, 5.41) is 8.99. The number of carbonyl (C=O) groups excluding carboxylic acids is 2. The summed E-state index contributed by atoms with van der Waals surface area (Å²) in [4.78, 5) is 38.3. The SMILES string of the molecule is COc1ccc(C(=O)N2CCCC(N(CC(=O)O)C(C)=O)CC2)cc1F. The number of rotatable bonds is 5. The van der Waals surface area contributed by atoms with Gasteiger partial charge in [0.15, 0.2) is 11.6 Å². The molecule has 142 valence electrons. The largest absolute Gasteiger partial charge is 0.494 e. The number of aliphatic carboxylic acids is 1. The molecule has 7 nitrogen and oxygen atoms in total. The van der Waals surface area contributed by atoms with Crippen LogP contribution < -0.4 is 4.74 Å². The first-order chi connectivity index (χ1) is 12.3. The fourth-order valence-corrected chi connectivity index (χ4v) is 3.22. The van der Waals surface area contributed by atoms with Crippen molar-refractivity contribution in [3.63, 3.8) is 0 Å². The first kappa shape index (κ1) is 19.7. The van der Waals surface area contributed by atoms with Crippen LogP contribution in [0.4, 0.5) is 4.39 Å². The molecule has 1 aromatic rings. The van der Waals surface area contributed by atoms with Gasteiger partial charge in [-0.15, -0.1) is 0 Å². The van der Waals surface area contributed by atoms with E-state index in [0.29, 0.717) is 32.4 Å². The van der Waals surface area contributed by atoms with Gasteiger partial charge in [-0.2, -0.15) is 0 Å². The van der Waals surface area contributed by atoms with Crippen LogP contribution in [0, 0.1) is 5.82 Å². The predicted molar refractivity (Wildman–Crippen MR) is 91.5 cm³/mol. The first-order valence-electron chi connectivity index (χ1n) is 8.45. The molecule has 2 rings (SSSR count). The molecule has 0 aliphatic carbocycles. The molecule has 1 heterocycles. The Hall–Kier alpha value is -2.64. The fraction of sp³-hybridized carbons (Fsp3) is 0.500. The summed E-state index contributed by atoms with van der Waals surface area (Å²) in [6, 6.07) is 3.84. The number of hydrogen-bond donors (Lipinski definition) is 1. The minimum absolute atomic E-state index is 0.0725. The Bertz CT molecular complexity index is 694. The van der Waals surface area contributed by atoms with Gasteiger partial charge in [0.25, 0.3) is 5.91 Å². The number of carboxylic acids is 1. The Morgan fingerprint density at radius 2 is 2.04 bits per heavy atom. The molecule has 8 heteroatoms. The number of methoxy groups -OCH3 is 1. The number of halogens is 1. The number of ether oxygens (including phenoxy) is 1. The average molecular weight is 366 g/mol. The molecule has 1 aliphatic heterocycles. The molecule has 1 atom stereocenters. The van der Waals surface area contributed by atoms with Gasteiger partial charge < -0.3 is 19.6 Å². The van der Waals surface area contributed by atoms with Crippen molar-refractivity contribution in [3.8, 4) is 5.75 Å². The van der Waals surface area contributed by atoms with Gasteiger partial charge in [0, 0.05) is 31.6 Å². The zero-order valence-corrected chi connectivity index (χ0v) is 14.9. The first-order valence-corrected chi connectivity index (χ1v) is 8.45. The monoisotopic (exact) mass is 366 g/mol. The highest BCUT2D eigenvalue weighted by Crippen LogP contribution is 2.22. The summed E-state index contributed by atoms with van der Waals surface area (Å²) in [5.74, 6) is -2.18. The number of hydrogen-bond acceptors (Lipinski definition) is 4. The third-order valence-electron chi connectivity index (χ3n) is 4.53. The molecular weight excluding hydrogens is 343 g/mol. The van der Waals surface area contributed by atoms with Crippen molar-refractivity contribution in [2.75, 3.05) is 26.7 Å². The van der Waals surface area contributed by atoms with Gasteiger partial charge in [0.2, 0.25) is 5.91 Å². The van der Waals surface area contributed by atoms with E-state index in [4.69, 9.17) is 9.84 Å². The third kappa shape index (κ3) is 4.71. The van der Waals surface area contributed by atoms with E-state index in [1.54, 1.807) is 4.90 Å². The average Bonchev–Trinajstić information content (AvgIpc) is 2.84. The van der Waals surface area contributed by atoms with E-state index >= 15 is 0 Å². The Balaban J connectivity index is 2.07. The Morgan fingerprint density at radius 3 is 2.62 bits per heavy atom. The molecule has 26 heavy (non-hydrogen) atoms. The maximum Gasteiger partial charge on any atom is 0.323 e. The number of carboxylic acid groups (broad SMARTS) is 1. The molecule has 1 fully saturated rings. The lowest BCUT2D eigenvalue weighted by atomic mass is 10.1. The summed E-state index contributed by atoms with van der Waals surface area (Å²) < 4.78 is 18.7. The maximum absolute atomic E-state index is 13.8. The molecule has 1 N–H and O–H groups in total. The summed E-state index contributed by atoms with van der Waals surface area (Å²) >= 11 is 0. The van der Waals surface area contributed by atoms with Gasteiger partial charge in [-0.05, 0) is 37.5 Å². The van der Waals surface area contributed by atoms with Crippen LogP contribution in [0.2, 0.25) is 0 Å². The number of amides is 2. The van der Waals surface area contributed by atoms with Gasteiger partial charge in [0.05, 0.1) is 7.11 Å². The zero-order valence-electron chi connectivity index (χ0n) is 14.9. The van der Waals surface area contributed by atoms with E-state index < -0.39 is 11.8 Å². The number of likely N-dealkylation sites (tertiary alicyclic amines) is 1. The minimum atomic E-state index is -1.06. The van der Waals surface area contributed by atoms with E-state index in [2.05, 4.69) is 0 Å². The van der Waals surface area contributed by atoms with Crippen molar-refractivity contribution in [1.29, 1.82) is 0 Å². The molecule has 0 saturated carbocycles. The third-order valence-corrected chi connectivity index (χ3v) is 4.53. The maximum atomic E-state index is 13.8. The lowest BCUT2D eigenvalue weighted by Gasteiger charge is -2.28. The van der Waals surface area contributed by atoms with Crippen LogP contribution in [0.5, 0.6) is 5.75 Å². The van der Waals surface area contributed by atoms with Crippen molar-refractivity contribution in [3.05, 3.63) is 29.6 Å². The Kier molecular flexibility index (Phi) is 6.54. The molecule has 0 aromatic heterocycles. The molecule has 1 aliphatic rings. The van der Waals surface area contributed by atoms with E-state index in [1.165, 1.54) is 31.1 Å². The molecule has 1 unspecified atom stereocenters. The highest BCUT2D eigenvalue weighted by Gasteiger charge is 2.28. The van der Waals surface area contributed by atoms with E-state index in [9.17, 15) is 18.8 Å². The van der Waals surface area contributed by atoms with E-state index in [-0.39, 0.29) is 35.7 Å². The molecule has 2 amide bonds. The summed E-state index contributed by atoms with van der Waals surface area (Å²) in [7, 11) is 1.35. The number of carbonyl (C=O) groups is 3. The molecular formula is C18H23FN2O5. The molecule has 0 spiro atoms. The molecule has 1 aromatic carbocycles. The second-order valence-electron chi connectivity index (χ2n) is 6.27. The van der Waals surface area contributed by atoms with Gasteiger partial charge in [-0.1, -0.05) is 0 Å². The van der Waals surface area contributed by atoms with Crippen LogP contribution in [-0.2, 0) is 9.59 Å². The van der Waals surface area contributed by atoms with Crippen LogP contribution in [0.25, 0.3) is 0 Å². The van der Waals surface area contributed by atoms with Gasteiger partial charge >= 0.3 is 5.97 Å². The quantitative estimate of drug-likeness (QED) is 0.858. The number of benzene rings is 1. The number of nitrogens with zero attached hydrogens (tertiary/aromatic N) is 2. The van der Waals surface area contributed by atoms with Gasteiger partial charge in [0.1, 0.15) is 6.54 Å². The van der Waals surface area contributed by atoms with Crippen molar-refractivity contribution >= 4 is 17.8 Å². The van der Waals surface area contributed by atoms with Crippen LogP contribution in [0.15, 0.2) is 18.2 Å². The lowest BCUT2D eigenvalue weighted by Crippen LogP contribution is -2.43. The Morgan fingerprint density at radius 1 is 1.31 bits per heavy atom. The van der Waals surface area contributed by atoms with Crippen LogP contribution in [-0.4, -0.2) is 65.5 Å². The van der Waals surface area contributed by atoms with Crippen molar-refractivity contribution in [2.45, 2.75) is 32.2 Å². The minimum Gasteiger partial charge on any atom is -0.494 e. The smallest absolute Gasteiger partial charge is 0.323 e.